The quantitative estimate of drug-likeness (QED) is 0.573. The molecule has 2 N–H and O–H groups in total. The number of sulfonamides is 1. The predicted octanol–water partition coefficient (Wildman–Crippen LogP) is 3.85. The topological polar surface area (TPSA) is 81.8 Å². The lowest BCUT2D eigenvalue weighted by atomic mass is 9.99. The molecule has 2 aliphatic rings. The van der Waals surface area contributed by atoms with Gasteiger partial charge in [0.1, 0.15) is 5.82 Å². The standard InChI is InChI=1S/C26H35FN4O3S/c1-19-7-3-4-16-31(19)35(33,34)24-13-11-20(12-14-24)26(32)30(2)15-6-10-23-18-25(29-28-23)21-8-5-9-22(27)17-21/h5,8-9,11-14,17,19,23,25,28-29H,3-4,6-7,10,15-16,18H2,1-2H3. The molecule has 7 nitrogen and oxygen atoms in total. The molecule has 35 heavy (non-hydrogen) atoms. The fourth-order valence-corrected chi connectivity index (χ4v) is 6.68. The van der Waals surface area contributed by atoms with Gasteiger partial charge in [-0.15, -0.1) is 0 Å². The van der Waals surface area contributed by atoms with Gasteiger partial charge in [-0.05, 0) is 81.0 Å². The summed E-state index contributed by atoms with van der Waals surface area (Å²) in [5.41, 5.74) is 7.90. The fourth-order valence-electron chi connectivity index (χ4n) is 4.98. The van der Waals surface area contributed by atoms with Gasteiger partial charge in [-0.2, -0.15) is 4.31 Å². The van der Waals surface area contributed by atoms with Crippen molar-refractivity contribution in [3.8, 4) is 0 Å². The van der Waals surface area contributed by atoms with Crippen LogP contribution < -0.4 is 10.9 Å². The average Bonchev–Trinajstić information content (AvgIpc) is 3.33. The Morgan fingerprint density at radius 2 is 1.91 bits per heavy atom. The van der Waals surface area contributed by atoms with Crippen LogP contribution in [0.1, 0.15) is 67.4 Å². The summed E-state index contributed by atoms with van der Waals surface area (Å²) < 4.78 is 41.1. The third-order valence-corrected chi connectivity index (χ3v) is 9.10. The highest BCUT2D eigenvalue weighted by molar-refractivity contribution is 7.89. The number of carbonyl (C=O) groups is 1. The van der Waals surface area contributed by atoms with E-state index in [1.54, 1.807) is 52.7 Å². The Morgan fingerprint density at radius 1 is 1.14 bits per heavy atom. The second-order valence-corrected chi connectivity index (χ2v) is 11.6. The Hall–Kier alpha value is -2.33. The van der Waals surface area contributed by atoms with Crippen LogP contribution in [0, 0.1) is 5.82 Å². The maximum atomic E-state index is 13.5. The number of piperidine rings is 1. The zero-order chi connectivity index (χ0) is 25.0. The first kappa shape index (κ1) is 25.8. The van der Waals surface area contributed by atoms with Crippen LogP contribution in [0.25, 0.3) is 0 Å². The summed E-state index contributed by atoms with van der Waals surface area (Å²) in [7, 11) is -1.79. The fraction of sp³-hybridized carbons (Fsp3) is 0.500. The molecule has 2 aromatic rings. The minimum atomic E-state index is -3.55. The lowest BCUT2D eigenvalue weighted by Crippen LogP contribution is -2.41. The Balaban J connectivity index is 1.27. The number of rotatable bonds is 8. The van der Waals surface area contributed by atoms with Crippen molar-refractivity contribution >= 4 is 15.9 Å². The number of benzene rings is 2. The Bertz CT molecular complexity index is 1130. The van der Waals surface area contributed by atoms with Crippen LogP contribution in [0.4, 0.5) is 4.39 Å². The highest BCUT2D eigenvalue weighted by Crippen LogP contribution is 2.26. The molecule has 3 unspecified atom stereocenters. The van der Waals surface area contributed by atoms with E-state index in [-0.39, 0.29) is 34.7 Å². The number of hydrogen-bond donors (Lipinski definition) is 2. The van der Waals surface area contributed by atoms with Gasteiger partial charge in [0.2, 0.25) is 10.0 Å². The summed E-state index contributed by atoms with van der Waals surface area (Å²) in [6.07, 6.45) is 5.35. The highest BCUT2D eigenvalue weighted by Gasteiger charge is 2.31. The van der Waals surface area contributed by atoms with Gasteiger partial charge in [0, 0.05) is 43.8 Å². The maximum Gasteiger partial charge on any atom is 0.253 e. The molecular weight excluding hydrogens is 467 g/mol. The molecule has 9 heteroatoms. The van der Waals surface area contributed by atoms with E-state index in [9.17, 15) is 17.6 Å². The molecule has 0 radical (unpaired) electrons. The van der Waals surface area contributed by atoms with Gasteiger partial charge in [-0.1, -0.05) is 18.6 Å². The average molecular weight is 503 g/mol. The Labute approximate surface area is 207 Å². The first-order valence-electron chi connectivity index (χ1n) is 12.4. The molecule has 1 amide bonds. The van der Waals surface area contributed by atoms with E-state index in [1.165, 1.54) is 6.07 Å². The van der Waals surface area contributed by atoms with Crippen LogP contribution in [0.5, 0.6) is 0 Å². The van der Waals surface area contributed by atoms with Crippen LogP contribution >= 0.6 is 0 Å². The lowest BCUT2D eigenvalue weighted by Gasteiger charge is -2.32. The van der Waals surface area contributed by atoms with Crippen molar-refractivity contribution in [3.63, 3.8) is 0 Å². The molecule has 4 rings (SSSR count). The van der Waals surface area contributed by atoms with Crippen LogP contribution in [-0.2, 0) is 10.0 Å². The van der Waals surface area contributed by atoms with Crippen LogP contribution in [0.15, 0.2) is 53.4 Å². The van der Waals surface area contributed by atoms with E-state index in [1.807, 2.05) is 13.0 Å². The second-order valence-electron chi connectivity index (χ2n) is 9.68. The van der Waals surface area contributed by atoms with Gasteiger partial charge in [0.25, 0.3) is 5.91 Å². The van der Waals surface area contributed by atoms with E-state index in [4.69, 9.17) is 0 Å². The summed E-state index contributed by atoms with van der Waals surface area (Å²) in [5.74, 6) is -0.366. The number of nitrogens with zero attached hydrogens (tertiary/aromatic N) is 2. The van der Waals surface area contributed by atoms with E-state index in [0.717, 1.165) is 44.1 Å². The van der Waals surface area contributed by atoms with Crippen molar-refractivity contribution in [1.29, 1.82) is 0 Å². The third kappa shape index (κ3) is 6.09. The molecule has 0 aromatic heterocycles. The highest BCUT2D eigenvalue weighted by atomic mass is 32.2. The first-order valence-corrected chi connectivity index (χ1v) is 13.8. The van der Waals surface area contributed by atoms with Crippen LogP contribution in [0.3, 0.4) is 0 Å². The van der Waals surface area contributed by atoms with E-state index in [2.05, 4.69) is 10.9 Å². The number of nitrogens with one attached hydrogen (secondary N) is 2. The van der Waals surface area contributed by atoms with Crippen molar-refractivity contribution < 1.29 is 17.6 Å². The van der Waals surface area contributed by atoms with Gasteiger partial charge < -0.3 is 4.90 Å². The smallest absolute Gasteiger partial charge is 0.253 e. The molecule has 2 aromatic carbocycles. The number of amides is 1. The molecule has 190 valence electrons. The maximum absolute atomic E-state index is 13.5. The van der Waals surface area contributed by atoms with Crippen molar-refractivity contribution in [3.05, 3.63) is 65.5 Å². The van der Waals surface area contributed by atoms with E-state index >= 15 is 0 Å². The summed E-state index contributed by atoms with van der Waals surface area (Å²) >= 11 is 0. The summed E-state index contributed by atoms with van der Waals surface area (Å²) in [6, 6.07) is 13.2. The zero-order valence-electron chi connectivity index (χ0n) is 20.4. The van der Waals surface area contributed by atoms with Crippen LogP contribution in [-0.4, -0.2) is 55.8 Å². The molecular formula is C26H35FN4O3S. The molecule has 2 saturated heterocycles. The van der Waals surface area contributed by atoms with Crippen molar-refractivity contribution in [2.24, 2.45) is 0 Å². The van der Waals surface area contributed by atoms with Gasteiger partial charge >= 0.3 is 0 Å². The van der Waals surface area contributed by atoms with Gasteiger partial charge in [0.05, 0.1) is 4.90 Å². The monoisotopic (exact) mass is 502 g/mol. The summed E-state index contributed by atoms with van der Waals surface area (Å²) in [6.45, 7) is 3.08. The molecule has 2 fully saturated rings. The predicted molar refractivity (Wildman–Crippen MR) is 134 cm³/mol. The number of halogens is 1. The third-order valence-electron chi connectivity index (χ3n) is 7.08. The van der Waals surface area contributed by atoms with Crippen molar-refractivity contribution in [1.82, 2.24) is 20.1 Å². The van der Waals surface area contributed by atoms with Gasteiger partial charge in [-0.25, -0.2) is 12.8 Å². The normalized spacial score (nSPS) is 23.3. The summed E-state index contributed by atoms with van der Waals surface area (Å²) in [5, 5.41) is 0. The van der Waals surface area contributed by atoms with Crippen LogP contribution in [0.2, 0.25) is 0 Å². The van der Waals surface area contributed by atoms with E-state index in [0.29, 0.717) is 18.7 Å². The molecule has 2 aliphatic heterocycles. The van der Waals surface area contributed by atoms with Gasteiger partial charge in [0.15, 0.2) is 0 Å². The van der Waals surface area contributed by atoms with Crippen molar-refractivity contribution in [2.75, 3.05) is 20.1 Å². The number of carbonyl (C=O) groups excluding carboxylic acids is 1. The second kappa shape index (κ2) is 11.2. The Kier molecular flexibility index (Phi) is 8.21. The molecule has 3 atom stereocenters. The molecule has 0 spiro atoms. The van der Waals surface area contributed by atoms with Gasteiger partial charge in [-0.3, -0.25) is 15.6 Å². The SMILES string of the molecule is CC1CCCCN1S(=O)(=O)c1ccc(C(=O)N(C)CCCC2CC(c3cccc(F)c3)NN2)cc1. The lowest BCUT2D eigenvalue weighted by molar-refractivity contribution is 0.0791. The van der Waals surface area contributed by atoms with E-state index < -0.39 is 10.0 Å². The first-order chi connectivity index (χ1) is 16.8. The largest absolute Gasteiger partial charge is 0.342 e. The molecule has 0 aliphatic carbocycles. The molecule has 0 bridgehead atoms. The number of hydrogen-bond acceptors (Lipinski definition) is 5. The zero-order valence-corrected chi connectivity index (χ0v) is 21.2. The minimum Gasteiger partial charge on any atom is -0.342 e. The summed E-state index contributed by atoms with van der Waals surface area (Å²) in [4.78, 5) is 14.8. The van der Waals surface area contributed by atoms with Crippen molar-refractivity contribution in [2.45, 2.75) is 68.5 Å². The molecule has 0 saturated carbocycles. The number of hydrazine groups is 1. The Morgan fingerprint density at radius 3 is 2.63 bits per heavy atom. The minimum absolute atomic E-state index is 0.00473. The molecule has 2 heterocycles.